The molecule has 0 aliphatic carbocycles. The molecule has 0 aliphatic heterocycles. The lowest BCUT2D eigenvalue weighted by Gasteiger charge is -2.20. The summed E-state index contributed by atoms with van der Waals surface area (Å²) >= 11 is 0. The number of pyridine rings is 1. The van der Waals surface area contributed by atoms with Crippen LogP contribution in [0.25, 0.3) is 0 Å². The lowest BCUT2D eigenvalue weighted by atomic mass is 10.1. The summed E-state index contributed by atoms with van der Waals surface area (Å²) in [5.74, 6) is -0.822. The van der Waals surface area contributed by atoms with Crippen molar-refractivity contribution in [3.63, 3.8) is 0 Å². The molecule has 1 aromatic heterocycles. The summed E-state index contributed by atoms with van der Waals surface area (Å²) in [6, 6.07) is 3.51. The van der Waals surface area contributed by atoms with Gasteiger partial charge in [0.25, 0.3) is 5.91 Å². The second-order valence-corrected chi connectivity index (χ2v) is 4.30. The van der Waals surface area contributed by atoms with Crippen LogP contribution in [-0.4, -0.2) is 42.5 Å². The molecule has 98 valence electrons. The Morgan fingerprint density at radius 3 is 2.61 bits per heavy atom. The average molecular weight is 250 g/mol. The maximum absolute atomic E-state index is 12.0. The minimum absolute atomic E-state index is 0.154. The molecule has 0 bridgehead atoms. The molecule has 0 saturated heterocycles. The highest BCUT2D eigenvalue weighted by molar-refractivity contribution is 5.94. The van der Waals surface area contributed by atoms with E-state index in [1.807, 2.05) is 6.92 Å². The topological polar surface area (TPSA) is 59.5 Å². The summed E-state index contributed by atoms with van der Waals surface area (Å²) in [6.07, 6.45) is 1.54. The van der Waals surface area contributed by atoms with Crippen molar-refractivity contribution in [3.05, 3.63) is 29.6 Å². The quantitative estimate of drug-likeness (QED) is 0.755. The molecule has 0 aromatic carbocycles. The Balaban J connectivity index is 2.67. The van der Waals surface area contributed by atoms with Crippen molar-refractivity contribution >= 4 is 11.9 Å². The molecule has 1 rings (SSSR count). The first-order valence-corrected chi connectivity index (χ1v) is 5.71. The van der Waals surface area contributed by atoms with Gasteiger partial charge in [0.1, 0.15) is 0 Å². The smallest absolute Gasteiger partial charge is 0.310 e. The number of nitrogens with zero attached hydrogens (tertiary/aromatic N) is 2. The molecule has 1 unspecified atom stereocenters. The maximum Gasteiger partial charge on any atom is 0.310 e. The predicted octanol–water partition coefficient (Wildman–Crippen LogP) is 1.27. The summed E-state index contributed by atoms with van der Waals surface area (Å²) < 4.78 is 4.62. The molecule has 1 aromatic rings. The van der Waals surface area contributed by atoms with Crippen LogP contribution in [0.5, 0.6) is 0 Å². The highest BCUT2D eigenvalue weighted by atomic mass is 16.5. The number of aryl methyl sites for hydroxylation is 1. The van der Waals surface area contributed by atoms with Gasteiger partial charge in [-0.05, 0) is 19.1 Å². The summed E-state index contributed by atoms with van der Waals surface area (Å²) in [7, 11) is 2.99. The number of rotatable bonds is 4. The molecule has 0 saturated carbocycles. The standard InChI is InChI=1S/C13H18N2O3/c1-9(13(17)18-4)8-15(3)12(16)11-6-5-10(2)14-7-11/h5-7,9H,8H2,1-4H3. The van der Waals surface area contributed by atoms with Crippen LogP contribution in [0.3, 0.4) is 0 Å². The summed E-state index contributed by atoms with van der Waals surface area (Å²) in [4.78, 5) is 28.9. The van der Waals surface area contributed by atoms with Gasteiger partial charge in [-0.1, -0.05) is 6.92 Å². The number of hydrogen-bond donors (Lipinski definition) is 0. The number of aromatic nitrogens is 1. The zero-order chi connectivity index (χ0) is 13.7. The van der Waals surface area contributed by atoms with Crippen molar-refractivity contribution in [1.82, 2.24) is 9.88 Å². The molecule has 0 spiro atoms. The first-order chi connectivity index (χ1) is 8.45. The molecule has 0 radical (unpaired) electrons. The van der Waals surface area contributed by atoms with Gasteiger partial charge in [-0.15, -0.1) is 0 Å². The number of esters is 1. The van der Waals surface area contributed by atoms with Crippen LogP contribution in [0.2, 0.25) is 0 Å². The van der Waals surface area contributed by atoms with Crippen molar-refractivity contribution in [2.24, 2.45) is 5.92 Å². The SMILES string of the molecule is COC(=O)C(C)CN(C)C(=O)c1ccc(C)nc1. The molecule has 1 atom stereocenters. The second-order valence-electron chi connectivity index (χ2n) is 4.30. The van der Waals surface area contributed by atoms with Gasteiger partial charge in [0.15, 0.2) is 0 Å². The van der Waals surface area contributed by atoms with Crippen LogP contribution in [0.4, 0.5) is 0 Å². The van der Waals surface area contributed by atoms with Gasteiger partial charge < -0.3 is 9.64 Å². The summed E-state index contributed by atoms with van der Waals surface area (Å²) in [6.45, 7) is 3.90. The number of carbonyl (C=O) groups excluding carboxylic acids is 2. The van der Waals surface area contributed by atoms with Crippen molar-refractivity contribution in [2.75, 3.05) is 20.7 Å². The van der Waals surface area contributed by atoms with E-state index in [-0.39, 0.29) is 17.8 Å². The average Bonchev–Trinajstić information content (AvgIpc) is 2.37. The minimum Gasteiger partial charge on any atom is -0.469 e. The Morgan fingerprint density at radius 2 is 2.11 bits per heavy atom. The third kappa shape index (κ3) is 3.55. The fourth-order valence-corrected chi connectivity index (χ4v) is 1.58. The molecular formula is C13H18N2O3. The van der Waals surface area contributed by atoms with Crippen LogP contribution in [-0.2, 0) is 9.53 Å². The summed E-state index contributed by atoms with van der Waals surface area (Å²) in [5, 5.41) is 0. The number of amides is 1. The van der Waals surface area contributed by atoms with Gasteiger partial charge in [-0.2, -0.15) is 0 Å². The molecule has 0 N–H and O–H groups in total. The minimum atomic E-state index is -0.345. The van der Waals surface area contributed by atoms with Gasteiger partial charge in [-0.25, -0.2) is 0 Å². The van der Waals surface area contributed by atoms with Gasteiger partial charge in [0, 0.05) is 25.5 Å². The van der Waals surface area contributed by atoms with Gasteiger partial charge in [0.2, 0.25) is 0 Å². The van der Waals surface area contributed by atoms with Crippen LogP contribution in [0.15, 0.2) is 18.3 Å². The van der Waals surface area contributed by atoms with E-state index in [1.165, 1.54) is 18.2 Å². The predicted molar refractivity (Wildman–Crippen MR) is 67.1 cm³/mol. The van der Waals surface area contributed by atoms with E-state index >= 15 is 0 Å². The Labute approximate surface area is 107 Å². The fourth-order valence-electron chi connectivity index (χ4n) is 1.58. The van der Waals surface area contributed by atoms with E-state index in [4.69, 9.17) is 0 Å². The highest BCUT2D eigenvalue weighted by Crippen LogP contribution is 2.07. The molecule has 0 aliphatic rings. The monoisotopic (exact) mass is 250 g/mol. The highest BCUT2D eigenvalue weighted by Gasteiger charge is 2.19. The largest absolute Gasteiger partial charge is 0.469 e. The van der Waals surface area contributed by atoms with E-state index in [0.717, 1.165) is 5.69 Å². The molecule has 18 heavy (non-hydrogen) atoms. The molecule has 0 fully saturated rings. The Bertz CT molecular complexity index is 428. The van der Waals surface area contributed by atoms with Gasteiger partial charge >= 0.3 is 5.97 Å². The molecular weight excluding hydrogens is 232 g/mol. The molecule has 1 heterocycles. The number of methoxy groups -OCH3 is 1. The third-order valence-corrected chi connectivity index (χ3v) is 2.66. The van der Waals surface area contributed by atoms with Crippen molar-refractivity contribution in [2.45, 2.75) is 13.8 Å². The molecule has 1 amide bonds. The van der Waals surface area contributed by atoms with Crippen LogP contribution in [0, 0.1) is 12.8 Å². The van der Waals surface area contributed by atoms with E-state index in [2.05, 4.69) is 9.72 Å². The Hall–Kier alpha value is -1.91. The number of hydrogen-bond acceptors (Lipinski definition) is 4. The van der Waals surface area contributed by atoms with E-state index in [0.29, 0.717) is 12.1 Å². The number of carbonyl (C=O) groups is 2. The number of ether oxygens (including phenoxy) is 1. The fraction of sp³-hybridized carbons (Fsp3) is 0.462. The first-order valence-electron chi connectivity index (χ1n) is 5.71. The molecule has 5 heteroatoms. The van der Waals surface area contributed by atoms with Crippen LogP contribution >= 0.6 is 0 Å². The third-order valence-electron chi connectivity index (χ3n) is 2.66. The zero-order valence-electron chi connectivity index (χ0n) is 11.1. The van der Waals surface area contributed by atoms with Gasteiger partial charge in [-0.3, -0.25) is 14.6 Å². The van der Waals surface area contributed by atoms with Crippen molar-refractivity contribution in [1.29, 1.82) is 0 Å². The van der Waals surface area contributed by atoms with E-state index in [1.54, 1.807) is 26.1 Å². The van der Waals surface area contributed by atoms with Crippen molar-refractivity contribution in [3.8, 4) is 0 Å². The summed E-state index contributed by atoms with van der Waals surface area (Å²) in [5.41, 5.74) is 1.37. The van der Waals surface area contributed by atoms with Gasteiger partial charge in [0.05, 0.1) is 18.6 Å². The van der Waals surface area contributed by atoms with Crippen LogP contribution < -0.4 is 0 Å². The second kappa shape index (κ2) is 6.14. The van der Waals surface area contributed by atoms with Crippen molar-refractivity contribution < 1.29 is 14.3 Å². The lowest BCUT2D eigenvalue weighted by molar-refractivity contribution is -0.145. The normalized spacial score (nSPS) is 11.8. The maximum atomic E-state index is 12.0. The Kier molecular flexibility index (Phi) is 4.83. The lowest BCUT2D eigenvalue weighted by Crippen LogP contribution is -2.34. The zero-order valence-corrected chi connectivity index (χ0v) is 11.1. The Morgan fingerprint density at radius 1 is 1.44 bits per heavy atom. The van der Waals surface area contributed by atoms with E-state index < -0.39 is 0 Å². The van der Waals surface area contributed by atoms with Crippen LogP contribution in [0.1, 0.15) is 23.0 Å². The first kappa shape index (κ1) is 14.2. The van der Waals surface area contributed by atoms with E-state index in [9.17, 15) is 9.59 Å². The molecule has 5 nitrogen and oxygen atoms in total.